The van der Waals surface area contributed by atoms with Crippen molar-refractivity contribution >= 4 is 11.6 Å². The highest BCUT2D eigenvalue weighted by Gasteiger charge is 2.07. The fourth-order valence-corrected chi connectivity index (χ4v) is 1.37. The first kappa shape index (κ1) is 11.7. The number of anilines is 2. The number of hydrogen-bond donors (Lipinski definition) is 1. The Morgan fingerprint density at radius 3 is 2.73 bits per heavy atom. The average molecular weight is 210 g/mol. The van der Waals surface area contributed by atoms with Crippen LogP contribution in [0.25, 0.3) is 0 Å². The van der Waals surface area contributed by atoms with Crippen LogP contribution in [0.5, 0.6) is 0 Å². The molecule has 0 amide bonds. The van der Waals surface area contributed by atoms with Crippen molar-refractivity contribution in [1.82, 2.24) is 9.97 Å². The van der Waals surface area contributed by atoms with E-state index in [9.17, 15) is 0 Å². The van der Waals surface area contributed by atoms with Crippen molar-refractivity contribution in [2.24, 2.45) is 0 Å². The number of hydrogen-bond acceptors (Lipinski definition) is 5. The minimum Gasteiger partial charge on any atom is -0.384 e. The number of aryl methyl sites for hydroxylation is 1. The van der Waals surface area contributed by atoms with Crippen LogP contribution in [0.15, 0.2) is 6.07 Å². The maximum absolute atomic E-state index is 5.67. The van der Waals surface area contributed by atoms with Crippen LogP contribution in [0.2, 0.25) is 0 Å². The third kappa shape index (κ3) is 3.36. The Morgan fingerprint density at radius 1 is 1.47 bits per heavy atom. The van der Waals surface area contributed by atoms with E-state index in [0.717, 1.165) is 18.9 Å². The first-order valence-electron chi connectivity index (χ1n) is 5.02. The van der Waals surface area contributed by atoms with E-state index in [4.69, 9.17) is 10.5 Å². The van der Waals surface area contributed by atoms with Crippen LogP contribution >= 0.6 is 0 Å². The summed E-state index contributed by atoms with van der Waals surface area (Å²) >= 11 is 0. The molecular weight excluding hydrogens is 192 g/mol. The third-order valence-corrected chi connectivity index (χ3v) is 2.12. The lowest BCUT2D eigenvalue weighted by molar-refractivity contribution is 0.205. The second kappa shape index (κ2) is 5.50. The fourth-order valence-electron chi connectivity index (χ4n) is 1.37. The molecule has 1 aromatic rings. The molecule has 0 aliphatic heterocycles. The van der Waals surface area contributed by atoms with Gasteiger partial charge in [-0.25, -0.2) is 9.97 Å². The van der Waals surface area contributed by atoms with Crippen LogP contribution in [0.3, 0.4) is 0 Å². The van der Waals surface area contributed by atoms with Crippen molar-refractivity contribution in [2.45, 2.75) is 13.8 Å². The molecule has 1 rings (SSSR count). The van der Waals surface area contributed by atoms with Gasteiger partial charge in [-0.1, -0.05) is 0 Å². The molecule has 0 aliphatic carbocycles. The molecule has 84 valence electrons. The topological polar surface area (TPSA) is 64.3 Å². The van der Waals surface area contributed by atoms with E-state index in [-0.39, 0.29) is 0 Å². The summed E-state index contributed by atoms with van der Waals surface area (Å²) in [5.41, 5.74) is 5.67. The van der Waals surface area contributed by atoms with Gasteiger partial charge in [0, 0.05) is 26.3 Å². The van der Waals surface area contributed by atoms with E-state index in [0.29, 0.717) is 18.2 Å². The van der Waals surface area contributed by atoms with Crippen LogP contribution in [0, 0.1) is 6.92 Å². The molecular formula is C10H18N4O. The van der Waals surface area contributed by atoms with Gasteiger partial charge in [0.1, 0.15) is 17.5 Å². The smallest absolute Gasteiger partial charge is 0.134 e. The zero-order valence-electron chi connectivity index (χ0n) is 9.53. The lowest BCUT2D eigenvalue weighted by Gasteiger charge is -2.21. The van der Waals surface area contributed by atoms with Gasteiger partial charge >= 0.3 is 0 Å². The van der Waals surface area contributed by atoms with Gasteiger partial charge in [-0.2, -0.15) is 0 Å². The monoisotopic (exact) mass is 210 g/mol. The molecule has 5 nitrogen and oxygen atoms in total. The predicted octanol–water partition coefficient (Wildman–Crippen LogP) is 0.840. The minimum absolute atomic E-state index is 0.508. The Bertz CT molecular complexity index is 296. The lowest BCUT2D eigenvalue weighted by Crippen LogP contribution is -2.28. The van der Waals surface area contributed by atoms with Crippen LogP contribution in [0.4, 0.5) is 11.6 Å². The van der Waals surface area contributed by atoms with Gasteiger partial charge in [0.05, 0.1) is 6.61 Å². The van der Waals surface area contributed by atoms with Crippen molar-refractivity contribution in [2.75, 3.05) is 37.4 Å². The Balaban J connectivity index is 2.81. The molecule has 0 unspecified atom stereocenters. The minimum atomic E-state index is 0.508. The van der Waals surface area contributed by atoms with Crippen LogP contribution in [0.1, 0.15) is 12.7 Å². The molecule has 0 aromatic carbocycles. The van der Waals surface area contributed by atoms with Crippen molar-refractivity contribution < 1.29 is 4.74 Å². The molecule has 0 fully saturated rings. The summed E-state index contributed by atoms with van der Waals surface area (Å²) in [6.07, 6.45) is 0. The molecule has 0 saturated carbocycles. The Hall–Kier alpha value is -1.36. The van der Waals surface area contributed by atoms with Crippen molar-refractivity contribution in [3.8, 4) is 0 Å². The zero-order valence-corrected chi connectivity index (χ0v) is 9.53. The quantitative estimate of drug-likeness (QED) is 0.780. The van der Waals surface area contributed by atoms with Gasteiger partial charge in [-0.15, -0.1) is 0 Å². The van der Waals surface area contributed by atoms with Crippen LogP contribution in [-0.2, 0) is 4.74 Å². The zero-order chi connectivity index (χ0) is 11.3. The number of nitrogens with zero attached hydrogens (tertiary/aromatic N) is 3. The van der Waals surface area contributed by atoms with Crippen LogP contribution in [-0.4, -0.2) is 36.8 Å². The number of likely N-dealkylation sites (N-methyl/N-ethyl adjacent to an activating group) is 1. The molecule has 15 heavy (non-hydrogen) atoms. The van der Waals surface area contributed by atoms with Gasteiger partial charge in [0.2, 0.25) is 0 Å². The van der Waals surface area contributed by atoms with E-state index >= 15 is 0 Å². The molecule has 0 atom stereocenters. The van der Waals surface area contributed by atoms with Crippen molar-refractivity contribution in [1.29, 1.82) is 0 Å². The molecule has 0 saturated heterocycles. The van der Waals surface area contributed by atoms with Crippen LogP contribution < -0.4 is 10.6 Å². The summed E-state index contributed by atoms with van der Waals surface area (Å²) in [6.45, 7) is 6.27. The number of rotatable bonds is 5. The second-order valence-corrected chi connectivity index (χ2v) is 3.27. The van der Waals surface area contributed by atoms with E-state index in [1.54, 1.807) is 13.2 Å². The summed E-state index contributed by atoms with van der Waals surface area (Å²) in [5.74, 6) is 2.06. The summed E-state index contributed by atoms with van der Waals surface area (Å²) < 4.78 is 5.04. The standard InChI is InChI=1S/C10H18N4O/c1-4-14(5-6-15-3)10-7-9(11)12-8(2)13-10/h7H,4-6H2,1-3H3,(H2,11,12,13). The average Bonchev–Trinajstić information content (AvgIpc) is 2.17. The number of nitrogens with two attached hydrogens (primary N) is 1. The molecule has 0 aliphatic rings. The molecule has 0 radical (unpaired) electrons. The van der Waals surface area contributed by atoms with E-state index in [2.05, 4.69) is 21.8 Å². The highest BCUT2D eigenvalue weighted by atomic mass is 16.5. The van der Waals surface area contributed by atoms with E-state index in [1.807, 2.05) is 6.92 Å². The first-order valence-corrected chi connectivity index (χ1v) is 5.02. The van der Waals surface area contributed by atoms with Crippen molar-refractivity contribution in [3.05, 3.63) is 11.9 Å². The Labute approximate surface area is 90.3 Å². The molecule has 1 aromatic heterocycles. The Kier molecular flexibility index (Phi) is 4.30. The van der Waals surface area contributed by atoms with E-state index in [1.165, 1.54) is 0 Å². The SMILES string of the molecule is CCN(CCOC)c1cc(N)nc(C)n1. The number of aromatic nitrogens is 2. The predicted molar refractivity (Wildman–Crippen MR) is 60.9 cm³/mol. The van der Waals surface area contributed by atoms with Gasteiger partial charge in [0.25, 0.3) is 0 Å². The summed E-state index contributed by atoms with van der Waals surface area (Å²) in [4.78, 5) is 10.5. The fraction of sp³-hybridized carbons (Fsp3) is 0.600. The first-order chi connectivity index (χ1) is 7.17. The van der Waals surface area contributed by atoms with Crippen molar-refractivity contribution in [3.63, 3.8) is 0 Å². The lowest BCUT2D eigenvalue weighted by atomic mass is 10.4. The van der Waals surface area contributed by atoms with Gasteiger partial charge in [-0.3, -0.25) is 0 Å². The molecule has 0 bridgehead atoms. The van der Waals surface area contributed by atoms with Gasteiger partial charge in [-0.05, 0) is 13.8 Å². The molecule has 2 N–H and O–H groups in total. The number of ether oxygens (including phenoxy) is 1. The summed E-state index contributed by atoms with van der Waals surface area (Å²) in [7, 11) is 1.69. The van der Waals surface area contributed by atoms with E-state index < -0.39 is 0 Å². The molecule has 0 spiro atoms. The third-order valence-electron chi connectivity index (χ3n) is 2.12. The Morgan fingerprint density at radius 2 is 2.20 bits per heavy atom. The second-order valence-electron chi connectivity index (χ2n) is 3.27. The maximum atomic E-state index is 5.67. The summed E-state index contributed by atoms with van der Waals surface area (Å²) in [5, 5.41) is 0. The largest absolute Gasteiger partial charge is 0.384 e. The molecule has 1 heterocycles. The highest BCUT2D eigenvalue weighted by molar-refractivity contribution is 5.46. The highest BCUT2D eigenvalue weighted by Crippen LogP contribution is 2.13. The molecule has 5 heteroatoms. The maximum Gasteiger partial charge on any atom is 0.134 e. The summed E-state index contributed by atoms with van der Waals surface area (Å²) in [6, 6.07) is 1.78. The normalized spacial score (nSPS) is 10.3. The van der Waals surface area contributed by atoms with Gasteiger partial charge in [0.15, 0.2) is 0 Å². The number of nitrogen functional groups attached to an aromatic ring is 1. The number of methoxy groups -OCH3 is 1. The van der Waals surface area contributed by atoms with Gasteiger partial charge < -0.3 is 15.4 Å².